The predicted molar refractivity (Wildman–Crippen MR) is 72.4 cm³/mol. The van der Waals surface area contributed by atoms with E-state index in [-0.39, 0.29) is 18.4 Å². The van der Waals surface area contributed by atoms with E-state index in [0.29, 0.717) is 24.2 Å². The van der Waals surface area contributed by atoms with E-state index in [0.717, 1.165) is 0 Å². The number of rotatable bonds is 6. The second-order valence-corrected chi connectivity index (χ2v) is 4.59. The van der Waals surface area contributed by atoms with Gasteiger partial charge in [0.05, 0.1) is 11.4 Å². The highest BCUT2D eigenvalue weighted by Gasteiger charge is 2.10. The normalized spacial score (nSPS) is 11.8. The molecular weight excluding hydrogens is 262 g/mol. The molecule has 1 unspecified atom stereocenters. The molecular formula is C12H19N5O3. The first-order valence-corrected chi connectivity index (χ1v) is 6.35. The van der Waals surface area contributed by atoms with Crippen molar-refractivity contribution in [3.63, 3.8) is 0 Å². The lowest BCUT2D eigenvalue weighted by Crippen LogP contribution is -2.36. The number of carboxylic acid groups (broad SMARTS) is 1. The molecule has 1 atom stereocenters. The van der Waals surface area contributed by atoms with Crippen molar-refractivity contribution in [1.82, 2.24) is 20.5 Å². The average molecular weight is 281 g/mol. The summed E-state index contributed by atoms with van der Waals surface area (Å²) in [5, 5.41) is 21.3. The van der Waals surface area contributed by atoms with Crippen molar-refractivity contribution >= 4 is 17.9 Å². The number of nitrogens with zero attached hydrogens (tertiary/aromatic N) is 3. The van der Waals surface area contributed by atoms with Crippen molar-refractivity contribution in [2.45, 2.75) is 46.1 Å². The van der Waals surface area contributed by atoms with Crippen LogP contribution in [0.2, 0.25) is 0 Å². The molecule has 0 saturated heterocycles. The van der Waals surface area contributed by atoms with Gasteiger partial charge >= 0.3 is 12.0 Å². The Morgan fingerprint density at radius 1 is 1.25 bits per heavy atom. The van der Waals surface area contributed by atoms with Crippen LogP contribution in [0.15, 0.2) is 0 Å². The summed E-state index contributed by atoms with van der Waals surface area (Å²) in [6.45, 7) is 5.37. The lowest BCUT2D eigenvalue weighted by molar-refractivity contribution is -0.137. The molecule has 0 bridgehead atoms. The van der Waals surface area contributed by atoms with E-state index < -0.39 is 12.0 Å². The zero-order valence-electron chi connectivity index (χ0n) is 11.8. The fraction of sp³-hybridized carbons (Fsp3) is 0.583. The zero-order chi connectivity index (χ0) is 15.1. The summed E-state index contributed by atoms with van der Waals surface area (Å²) >= 11 is 0. The molecule has 8 heteroatoms. The van der Waals surface area contributed by atoms with Gasteiger partial charge in [-0.3, -0.25) is 10.1 Å². The van der Waals surface area contributed by atoms with Crippen LogP contribution in [0, 0.1) is 13.8 Å². The Kier molecular flexibility index (Phi) is 5.82. The Morgan fingerprint density at radius 2 is 1.95 bits per heavy atom. The molecule has 3 N–H and O–H groups in total. The number of carboxylic acids is 1. The summed E-state index contributed by atoms with van der Waals surface area (Å²) in [6.07, 6.45) is 1.20. The maximum atomic E-state index is 11.7. The smallest absolute Gasteiger partial charge is 0.321 e. The highest BCUT2D eigenvalue weighted by atomic mass is 16.4. The molecule has 0 radical (unpaired) electrons. The van der Waals surface area contributed by atoms with Crippen LogP contribution in [0.3, 0.4) is 0 Å². The van der Waals surface area contributed by atoms with Gasteiger partial charge in [0.2, 0.25) is 0 Å². The number of urea groups is 1. The molecule has 1 heterocycles. The third kappa shape index (κ3) is 5.59. The zero-order valence-corrected chi connectivity index (χ0v) is 11.8. The van der Waals surface area contributed by atoms with Crippen LogP contribution < -0.4 is 10.6 Å². The lowest BCUT2D eigenvalue weighted by atomic mass is 10.1. The minimum absolute atomic E-state index is 0.0951. The van der Waals surface area contributed by atoms with Crippen molar-refractivity contribution < 1.29 is 14.7 Å². The maximum absolute atomic E-state index is 11.7. The topological polar surface area (TPSA) is 117 Å². The second kappa shape index (κ2) is 7.37. The maximum Gasteiger partial charge on any atom is 0.321 e. The van der Waals surface area contributed by atoms with Crippen molar-refractivity contribution in [3.05, 3.63) is 11.4 Å². The van der Waals surface area contributed by atoms with Gasteiger partial charge in [-0.1, -0.05) is 0 Å². The van der Waals surface area contributed by atoms with E-state index >= 15 is 0 Å². The van der Waals surface area contributed by atoms with Gasteiger partial charge < -0.3 is 10.4 Å². The number of amides is 2. The summed E-state index contributed by atoms with van der Waals surface area (Å²) < 4.78 is 0. The molecule has 0 aromatic carbocycles. The van der Waals surface area contributed by atoms with E-state index in [1.807, 2.05) is 0 Å². The van der Waals surface area contributed by atoms with E-state index in [1.54, 1.807) is 20.8 Å². The first kappa shape index (κ1) is 15.8. The van der Waals surface area contributed by atoms with E-state index in [9.17, 15) is 9.59 Å². The monoisotopic (exact) mass is 281 g/mol. The Morgan fingerprint density at radius 3 is 2.55 bits per heavy atom. The highest BCUT2D eigenvalue weighted by Crippen LogP contribution is 2.03. The average Bonchev–Trinajstić information content (AvgIpc) is 2.33. The van der Waals surface area contributed by atoms with Gasteiger partial charge in [0.25, 0.3) is 5.95 Å². The van der Waals surface area contributed by atoms with Gasteiger partial charge in [0.15, 0.2) is 0 Å². The van der Waals surface area contributed by atoms with Gasteiger partial charge in [0, 0.05) is 12.5 Å². The van der Waals surface area contributed by atoms with Gasteiger partial charge in [-0.2, -0.15) is 5.10 Å². The molecule has 0 aliphatic rings. The van der Waals surface area contributed by atoms with Crippen LogP contribution in [-0.2, 0) is 4.79 Å². The van der Waals surface area contributed by atoms with Gasteiger partial charge in [-0.15, -0.1) is 5.10 Å². The molecule has 0 aliphatic carbocycles. The first-order chi connectivity index (χ1) is 9.38. The molecule has 0 fully saturated rings. The number of carbonyl (C=O) groups is 2. The Labute approximate surface area is 117 Å². The lowest BCUT2D eigenvalue weighted by Gasteiger charge is -2.13. The summed E-state index contributed by atoms with van der Waals surface area (Å²) in [4.78, 5) is 26.1. The van der Waals surface area contributed by atoms with Crippen molar-refractivity contribution in [1.29, 1.82) is 0 Å². The largest absolute Gasteiger partial charge is 0.481 e. The third-order valence-corrected chi connectivity index (χ3v) is 2.72. The van der Waals surface area contributed by atoms with Crippen LogP contribution in [-0.4, -0.2) is 38.3 Å². The molecule has 0 aliphatic heterocycles. The Balaban J connectivity index is 2.38. The highest BCUT2D eigenvalue weighted by molar-refractivity contribution is 5.87. The quantitative estimate of drug-likeness (QED) is 0.722. The van der Waals surface area contributed by atoms with Gasteiger partial charge in [-0.25, -0.2) is 9.78 Å². The molecule has 0 spiro atoms. The molecule has 8 nitrogen and oxygen atoms in total. The van der Waals surface area contributed by atoms with Gasteiger partial charge in [0.1, 0.15) is 0 Å². The summed E-state index contributed by atoms with van der Waals surface area (Å²) in [7, 11) is 0. The van der Waals surface area contributed by atoms with Crippen molar-refractivity contribution in [3.8, 4) is 0 Å². The van der Waals surface area contributed by atoms with E-state index in [2.05, 4.69) is 25.8 Å². The third-order valence-electron chi connectivity index (χ3n) is 2.72. The number of hydrogen-bond donors (Lipinski definition) is 3. The number of aryl methyl sites for hydroxylation is 2. The number of aromatic nitrogens is 3. The van der Waals surface area contributed by atoms with Crippen molar-refractivity contribution in [2.24, 2.45) is 0 Å². The van der Waals surface area contributed by atoms with Crippen LogP contribution in [0.5, 0.6) is 0 Å². The number of hydrogen-bond acceptors (Lipinski definition) is 5. The van der Waals surface area contributed by atoms with Crippen LogP contribution in [0.1, 0.15) is 37.6 Å². The Hall–Kier alpha value is -2.25. The predicted octanol–water partition coefficient (Wildman–Crippen LogP) is 1.25. The van der Waals surface area contributed by atoms with Crippen LogP contribution in [0.4, 0.5) is 10.7 Å². The summed E-state index contributed by atoms with van der Waals surface area (Å²) in [5.41, 5.74) is 1.41. The first-order valence-electron chi connectivity index (χ1n) is 6.35. The van der Waals surface area contributed by atoms with E-state index in [1.165, 1.54) is 0 Å². The minimum atomic E-state index is -0.837. The van der Waals surface area contributed by atoms with E-state index in [4.69, 9.17) is 5.11 Å². The molecule has 110 valence electrons. The SMILES string of the molecule is Cc1nnc(NC(=O)NC(C)CCCC(=O)O)nc1C. The minimum Gasteiger partial charge on any atom is -0.481 e. The molecule has 2 amide bonds. The molecule has 1 aromatic rings. The van der Waals surface area contributed by atoms with Gasteiger partial charge in [-0.05, 0) is 33.6 Å². The second-order valence-electron chi connectivity index (χ2n) is 4.59. The number of nitrogens with one attached hydrogen (secondary N) is 2. The number of carbonyl (C=O) groups excluding carboxylic acids is 1. The standard InChI is InChI=1S/C12H19N5O3/c1-7(5-4-6-10(18)19)13-12(20)15-11-14-8(2)9(3)16-17-11/h7H,4-6H2,1-3H3,(H,18,19)(H2,13,14,15,17,20). The Bertz CT molecular complexity index is 492. The molecule has 0 saturated carbocycles. The van der Waals surface area contributed by atoms with Crippen LogP contribution >= 0.6 is 0 Å². The summed E-state index contributed by atoms with van der Waals surface area (Å²) in [5.74, 6) is -0.695. The molecule has 1 aromatic heterocycles. The molecule has 1 rings (SSSR count). The van der Waals surface area contributed by atoms with Crippen LogP contribution in [0.25, 0.3) is 0 Å². The fourth-order valence-electron chi connectivity index (χ4n) is 1.50. The number of anilines is 1. The molecule has 20 heavy (non-hydrogen) atoms. The summed E-state index contributed by atoms with van der Waals surface area (Å²) in [6, 6.07) is -0.563. The fourth-order valence-corrected chi connectivity index (χ4v) is 1.50. The van der Waals surface area contributed by atoms with Crippen molar-refractivity contribution in [2.75, 3.05) is 5.32 Å². The number of aliphatic carboxylic acids is 1.